The SMILES string of the molecule is Cc1ccc(F)c(NC(=O)CC2(N)CCCCC2)c1. The van der Waals surface area contributed by atoms with Gasteiger partial charge in [-0.25, -0.2) is 4.39 Å². The number of carbonyl (C=O) groups excluding carboxylic acids is 1. The predicted octanol–water partition coefficient (Wildman–Crippen LogP) is 3.12. The molecule has 0 radical (unpaired) electrons. The second-order valence-corrected chi connectivity index (χ2v) is 5.63. The number of nitrogens with two attached hydrogens (primary N) is 1. The maximum Gasteiger partial charge on any atom is 0.226 e. The molecule has 0 atom stereocenters. The van der Waals surface area contributed by atoms with E-state index in [1.165, 1.54) is 12.5 Å². The maximum absolute atomic E-state index is 13.6. The number of benzene rings is 1. The number of aryl methyl sites for hydroxylation is 1. The normalized spacial score (nSPS) is 18.1. The van der Waals surface area contributed by atoms with Crippen LogP contribution in [-0.2, 0) is 4.79 Å². The molecule has 1 aromatic rings. The zero-order valence-corrected chi connectivity index (χ0v) is 11.3. The van der Waals surface area contributed by atoms with Crippen LogP contribution in [0.3, 0.4) is 0 Å². The molecule has 1 fully saturated rings. The predicted molar refractivity (Wildman–Crippen MR) is 74.4 cm³/mol. The van der Waals surface area contributed by atoms with E-state index in [0.29, 0.717) is 0 Å². The Morgan fingerprint density at radius 1 is 1.37 bits per heavy atom. The molecular weight excluding hydrogens is 243 g/mol. The first kappa shape index (κ1) is 14.0. The Kier molecular flexibility index (Phi) is 4.20. The van der Waals surface area contributed by atoms with Crippen molar-refractivity contribution in [3.8, 4) is 0 Å². The average Bonchev–Trinajstić information content (AvgIpc) is 2.34. The highest BCUT2D eigenvalue weighted by Crippen LogP contribution is 2.29. The fourth-order valence-electron chi connectivity index (χ4n) is 2.68. The third-order valence-electron chi connectivity index (χ3n) is 3.76. The molecule has 2 rings (SSSR count). The Morgan fingerprint density at radius 2 is 2.05 bits per heavy atom. The quantitative estimate of drug-likeness (QED) is 0.881. The fraction of sp³-hybridized carbons (Fsp3) is 0.533. The van der Waals surface area contributed by atoms with Crippen LogP contribution in [0.4, 0.5) is 10.1 Å². The van der Waals surface area contributed by atoms with E-state index in [9.17, 15) is 9.18 Å². The van der Waals surface area contributed by atoms with Crippen LogP contribution >= 0.6 is 0 Å². The van der Waals surface area contributed by atoms with Gasteiger partial charge in [-0.05, 0) is 37.5 Å². The molecule has 0 aliphatic heterocycles. The first-order valence-corrected chi connectivity index (χ1v) is 6.83. The van der Waals surface area contributed by atoms with Crippen molar-refractivity contribution in [3.63, 3.8) is 0 Å². The molecule has 4 heteroatoms. The number of halogens is 1. The second kappa shape index (κ2) is 5.70. The summed E-state index contributed by atoms with van der Waals surface area (Å²) in [7, 11) is 0. The van der Waals surface area contributed by atoms with Crippen molar-refractivity contribution in [1.82, 2.24) is 0 Å². The molecule has 1 aliphatic rings. The number of rotatable bonds is 3. The minimum Gasteiger partial charge on any atom is -0.325 e. The van der Waals surface area contributed by atoms with Crippen LogP contribution in [0.1, 0.15) is 44.1 Å². The zero-order chi connectivity index (χ0) is 13.9. The molecule has 0 unspecified atom stereocenters. The maximum atomic E-state index is 13.6. The summed E-state index contributed by atoms with van der Waals surface area (Å²) in [5.41, 5.74) is 6.97. The topological polar surface area (TPSA) is 55.1 Å². The van der Waals surface area contributed by atoms with Gasteiger partial charge in [-0.1, -0.05) is 25.3 Å². The van der Waals surface area contributed by atoms with Crippen LogP contribution in [-0.4, -0.2) is 11.4 Å². The Balaban J connectivity index is 1.99. The van der Waals surface area contributed by atoms with Gasteiger partial charge in [0.2, 0.25) is 5.91 Å². The largest absolute Gasteiger partial charge is 0.325 e. The third-order valence-corrected chi connectivity index (χ3v) is 3.76. The van der Waals surface area contributed by atoms with Crippen molar-refractivity contribution < 1.29 is 9.18 Å². The zero-order valence-electron chi connectivity index (χ0n) is 11.3. The lowest BCUT2D eigenvalue weighted by Gasteiger charge is -2.32. The van der Waals surface area contributed by atoms with Gasteiger partial charge in [-0.2, -0.15) is 0 Å². The number of carbonyl (C=O) groups is 1. The Morgan fingerprint density at radius 3 is 2.74 bits per heavy atom. The highest BCUT2D eigenvalue weighted by Gasteiger charge is 2.30. The summed E-state index contributed by atoms with van der Waals surface area (Å²) in [5.74, 6) is -0.609. The van der Waals surface area contributed by atoms with Crippen molar-refractivity contribution in [2.24, 2.45) is 5.73 Å². The van der Waals surface area contributed by atoms with Gasteiger partial charge < -0.3 is 11.1 Å². The first-order chi connectivity index (χ1) is 8.98. The lowest BCUT2D eigenvalue weighted by molar-refractivity contribution is -0.117. The monoisotopic (exact) mass is 264 g/mol. The van der Waals surface area contributed by atoms with Gasteiger partial charge in [0.05, 0.1) is 5.69 Å². The van der Waals surface area contributed by atoms with Gasteiger partial charge in [0.15, 0.2) is 0 Å². The third kappa shape index (κ3) is 3.77. The van der Waals surface area contributed by atoms with E-state index in [-0.39, 0.29) is 18.0 Å². The molecule has 0 bridgehead atoms. The molecule has 0 spiro atoms. The van der Waals surface area contributed by atoms with E-state index in [0.717, 1.165) is 31.2 Å². The summed E-state index contributed by atoms with van der Waals surface area (Å²) < 4.78 is 13.6. The van der Waals surface area contributed by atoms with Gasteiger partial charge in [0, 0.05) is 12.0 Å². The highest BCUT2D eigenvalue weighted by atomic mass is 19.1. The average molecular weight is 264 g/mol. The number of nitrogens with one attached hydrogen (secondary N) is 1. The molecule has 1 amide bonds. The van der Waals surface area contributed by atoms with E-state index in [2.05, 4.69) is 5.32 Å². The Labute approximate surface area is 113 Å². The summed E-state index contributed by atoms with van der Waals surface area (Å²) in [6.07, 6.45) is 5.34. The molecule has 3 nitrogen and oxygen atoms in total. The molecule has 19 heavy (non-hydrogen) atoms. The highest BCUT2D eigenvalue weighted by molar-refractivity contribution is 5.91. The molecule has 3 N–H and O–H groups in total. The first-order valence-electron chi connectivity index (χ1n) is 6.83. The van der Waals surface area contributed by atoms with Crippen LogP contribution < -0.4 is 11.1 Å². The number of hydrogen-bond donors (Lipinski definition) is 2. The smallest absolute Gasteiger partial charge is 0.226 e. The summed E-state index contributed by atoms with van der Waals surface area (Å²) >= 11 is 0. The molecule has 104 valence electrons. The van der Waals surface area contributed by atoms with Crippen molar-refractivity contribution >= 4 is 11.6 Å². The van der Waals surface area contributed by atoms with Crippen LogP contribution in [0.2, 0.25) is 0 Å². The lowest BCUT2D eigenvalue weighted by atomic mass is 9.80. The Hall–Kier alpha value is -1.42. The summed E-state index contributed by atoms with van der Waals surface area (Å²) in [6.45, 7) is 1.86. The minimum atomic E-state index is -0.414. The summed E-state index contributed by atoms with van der Waals surface area (Å²) in [5, 5.41) is 2.63. The van der Waals surface area contributed by atoms with Gasteiger partial charge in [-0.3, -0.25) is 4.79 Å². The number of anilines is 1. The van der Waals surface area contributed by atoms with E-state index in [4.69, 9.17) is 5.73 Å². The molecule has 0 saturated heterocycles. The van der Waals surface area contributed by atoms with Crippen LogP contribution in [0.15, 0.2) is 18.2 Å². The second-order valence-electron chi connectivity index (χ2n) is 5.63. The standard InChI is InChI=1S/C15H21FN2O/c1-11-5-6-12(16)13(9-11)18-14(19)10-15(17)7-3-2-4-8-15/h5-6,9H,2-4,7-8,10,17H2,1H3,(H,18,19). The van der Waals surface area contributed by atoms with Crippen LogP contribution in [0, 0.1) is 12.7 Å². The van der Waals surface area contributed by atoms with Gasteiger partial charge >= 0.3 is 0 Å². The van der Waals surface area contributed by atoms with Crippen molar-refractivity contribution in [2.75, 3.05) is 5.32 Å². The van der Waals surface area contributed by atoms with Crippen molar-refractivity contribution in [3.05, 3.63) is 29.6 Å². The van der Waals surface area contributed by atoms with E-state index >= 15 is 0 Å². The molecule has 1 saturated carbocycles. The van der Waals surface area contributed by atoms with E-state index in [1.54, 1.807) is 12.1 Å². The number of amides is 1. The van der Waals surface area contributed by atoms with Gasteiger partial charge in [0.1, 0.15) is 5.82 Å². The van der Waals surface area contributed by atoms with Gasteiger partial charge in [0.25, 0.3) is 0 Å². The fourth-order valence-corrected chi connectivity index (χ4v) is 2.68. The Bertz CT molecular complexity index is 467. The van der Waals surface area contributed by atoms with Gasteiger partial charge in [-0.15, -0.1) is 0 Å². The van der Waals surface area contributed by atoms with Crippen molar-refractivity contribution in [1.29, 1.82) is 0 Å². The minimum absolute atomic E-state index is 0.200. The lowest BCUT2D eigenvalue weighted by Crippen LogP contribution is -2.44. The van der Waals surface area contributed by atoms with Crippen LogP contribution in [0.25, 0.3) is 0 Å². The number of hydrogen-bond acceptors (Lipinski definition) is 2. The molecule has 1 aliphatic carbocycles. The summed E-state index contributed by atoms with van der Waals surface area (Å²) in [4.78, 5) is 12.0. The molecule has 1 aromatic carbocycles. The van der Waals surface area contributed by atoms with E-state index in [1.807, 2.05) is 6.92 Å². The van der Waals surface area contributed by atoms with E-state index < -0.39 is 11.4 Å². The van der Waals surface area contributed by atoms with Crippen molar-refractivity contribution in [2.45, 2.75) is 51.0 Å². The molecule has 0 aromatic heterocycles. The van der Waals surface area contributed by atoms with Crippen LogP contribution in [0.5, 0.6) is 0 Å². The molecular formula is C15H21FN2O. The summed E-state index contributed by atoms with van der Waals surface area (Å²) in [6, 6.07) is 4.68. The molecule has 0 heterocycles.